The number of anilines is 1. The van der Waals surface area contributed by atoms with E-state index in [0.717, 1.165) is 73.6 Å². The molecule has 5 rings (SSSR count). The van der Waals surface area contributed by atoms with Crippen molar-refractivity contribution in [1.29, 1.82) is 0 Å². The molecule has 1 spiro atoms. The Labute approximate surface area is 169 Å². The van der Waals surface area contributed by atoms with Crippen LogP contribution in [0.1, 0.15) is 37.1 Å². The number of benzene rings is 1. The van der Waals surface area contributed by atoms with Crippen molar-refractivity contribution in [1.82, 2.24) is 20.0 Å². The summed E-state index contributed by atoms with van der Waals surface area (Å²) in [5, 5.41) is 3.94. The highest BCUT2D eigenvalue weighted by molar-refractivity contribution is 5.84. The van der Waals surface area contributed by atoms with Crippen LogP contribution in [0.2, 0.25) is 0 Å². The number of para-hydroxylation sites is 2. The fourth-order valence-corrected chi connectivity index (χ4v) is 4.71. The molecule has 29 heavy (non-hydrogen) atoms. The molecule has 0 radical (unpaired) electrons. The van der Waals surface area contributed by atoms with Crippen LogP contribution in [-0.4, -0.2) is 45.6 Å². The number of likely N-dealkylation sites (tertiary alicyclic amines) is 1. The van der Waals surface area contributed by atoms with Crippen LogP contribution in [0.25, 0.3) is 11.0 Å². The molecule has 2 fully saturated rings. The lowest BCUT2D eigenvalue weighted by atomic mass is 9.71. The summed E-state index contributed by atoms with van der Waals surface area (Å²) < 4.78 is 5.33. The van der Waals surface area contributed by atoms with Gasteiger partial charge in [-0.25, -0.2) is 4.98 Å². The van der Waals surface area contributed by atoms with Crippen molar-refractivity contribution in [2.45, 2.75) is 39.2 Å². The zero-order chi connectivity index (χ0) is 19.8. The SMILES string of the molecule is Cc1cc(CN2CCCC3(CCN(c4cnc5ccccc5n4)CC3)C2=O)on1. The molecule has 2 saturated heterocycles. The van der Waals surface area contributed by atoms with Gasteiger partial charge in [0.2, 0.25) is 5.91 Å². The lowest BCUT2D eigenvalue weighted by molar-refractivity contribution is -0.149. The normalized spacial score (nSPS) is 19.3. The Hall–Kier alpha value is -2.96. The van der Waals surface area contributed by atoms with Crippen molar-refractivity contribution >= 4 is 22.8 Å². The second-order valence-corrected chi connectivity index (χ2v) is 8.25. The first-order valence-electron chi connectivity index (χ1n) is 10.3. The number of hydrogen-bond donors (Lipinski definition) is 0. The highest BCUT2D eigenvalue weighted by Gasteiger charge is 2.46. The van der Waals surface area contributed by atoms with E-state index >= 15 is 0 Å². The van der Waals surface area contributed by atoms with E-state index in [1.165, 1.54) is 0 Å². The number of amides is 1. The van der Waals surface area contributed by atoms with Crippen molar-refractivity contribution in [2.24, 2.45) is 5.41 Å². The van der Waals surface area contributed by atoms with Crippen molar-refractivity contribution in [2.75, 3.05) is 24.5 Å². The molecular weight excluding hydrogens is 366 g/mol. The van der Waals surface area contributed by atoms with Gasteiger partial charge in [-0.1, -0.05) is 17.3 Å². The van der Waals surface area contributed by atoms with Gasteiger partial charge < -0.3 is 14.3 Å². The molecule has 150 valence electrons. The molecule has 2 aromatic heterocycles. The van der Waals surface area contributed by atoms with E-state index < -0.39 is 0 Å². The molecule has 7 nitrogen and oxygen atoms in total. The maximum atomic E-state index is 13.3. The van der Waals surface area contributed by atoms with Crippen molar-refractivity contribution in [3.63, 3.8) is 0 Å². The highest BCUT2D eigenvalue weighted by atomic mass is 16.5. The number of carbonyl (C=O) groups excluding carboxylic acids is 1. The van der Waals surface area contributed by atoms with Gasteiger partial charge in [-0.2, -0.15) is 0 Å². The summed E-state index contributed by atoms with van der Waals surface area (Å²) in [6, 6.07) is 9.84. The molecule has 0 saturated carbocycles. The summed E-state index contributed by atoms with van der Waals surface area (Å²) in [6.07, 6.45) is 5.56. The van der Waals surface area contributed by atoms with Gasteiger partial charge in [0.05, 0.1) is 34.9 Å². The lowest BCUT2D eigenvalue weighted by Gasteiger charge is -2.46. The standard InChI is InChI=1S/C22H25N5O2/c1-16-13-17(29-25-16)15-27-10-4-7-22(21(27)28)8-11-26(12-9-22)20-14-23-18-5-2-3-6-19(18)24-20/h2-3,5-6,13-14H,4,7-12,15H2,1H3. The minimum Gasteiger partial charge on any atom is -0.359 e. The van der Waals surface area contributed by atoms with Gasteiger partial charge in [0.25, 0.3) is 0 Å². The number of carbonyl (C=O) groups is 1. The Morgan fingerprint density at radius 3 is 2.66 bits per heavy atom. The van der Waals surface area contributed by atoms with Gasteiger partial charge in [-0.3, -0.25) is 9.78 Å². The van der Waals surface area contributed by atoms with E-state index in [4.69, 9.17) is 9.51 Å². The Bertz CT molecular complexity index is 1040. The summed E-state index contributed by atoms with van der Waals surface area (Å²) in [7, 11) is 0. The van der Waals surface area contributed by atoms with Crippen LogP contribution in [0.5, 0.6) is 0 Å². The monoisotopic (exact) mass is 391 g/mol. The fourth-order valence-electron chi connectivity index (χ4n) is 4.71. The smallest absolute Gasteiger partial charge is 0.229 e. The Morgan fingerprint density at radius 1 is 1.10 bits per heavy atom. The summed E-state index contributed by atoms with van der Waals surface area (Å²) in [4.78, 5) is 26.9. The molecule has 2 aliphatic rings. The average molecular weight is 391 g/mol. The highest BCUT2D eigenvalue weighted by Crippen LogP contribution is 2.42. The second-order valence-electron chi connectivity index (χ2n) is 8.25. The molecule has 1 aromatic carbocycles. The summed E-state index contributed by atoms with van der Waals surface area (Å²) in [6.45, 7) is 4.86. The second kappa shape index (κ2) is 7.13. The molecule has 4 heterocycles. The van der Waals surface area contributed by atoms with E-state index in [0.29, 0.717) is 6.54 Å². The third kappa shape index (κ3) is 3.34. The van der Waals surface area contributed by atoms with Crippen molar-refractivity contribution in [3.05, 3.63) is 48.0 Å². The third-order valence-corrected chi connectivity index (χ3v) is 6.33. The van der Waals surface area contributed by atoms with Gasteiger partial charge in [-0.05, 0) is 44.7 Å². The maximum Gasteiger partial charge on any atom is 0.229 e. The fraction of sp³-hybridized carbons (Fsp3) is 0.455. The quantitative estimate of drug-likeness (QED) is 0.682. The molecule has 7 heteroatoms. The zero-order valence-corrected chi connectivity index (χ0v) is 16.7. The number of aryl methyl sites for hydroxylation is 1. The average Bonchev–Trinajstić information content (AvgIpc) is 3.16. The third-order valence-electron chi connectivity index (χ3n) is 6.33. The van der Waals surface area contributed by atoms with Crippen LogP contribution < -0.4 is 4.90 Å². The number of nitrogens with zero attached hydrogens (tertiary/aromatic N) is 5. The van der Waals surface area contributed by atoms with Crippen LogP contribution in [0.15, 0.2) is 41.1 Å². The first-order valence-corrected chi connectivity index (χ1v) is 10.3. The van der Waals surface area contributed by atoms with Gasteiger partial charge in [0, 0.05) is 25.7 Å². The number of hydrogen-bond acceptors (Lipinski definition) is 6. The Balaban J connectivity index is 1.29. The molecule has 0 atom stereocenters. The summed E-state index contributed by atoms with van der Waals surface area (Å²) >= 11 is 0. The number of rotatable bonds is 3. The minimum absolute atomic E-state index is 0.256. The number of aromatic nitrogens is 3. The number of fused-ring (bicyclic) bond motifs is 1. The Morgan fingerprint density at radius 2 is 1.90 bits per heavy atom. The molecule has 0 aliphatic carbocycles. The van der Waals surface area contributed by atoms with Crippen LogP contribution >= 0.6 is 0 Å². The predicted molar refractivity (Wildman–Crippen MR) is 109 cm³/mol. The van der Waals surface area contributed by atoms with E-state index in [2.05, 4.69) is 15.0 Å². The molecule has 1 amide bonds. The van der Waals surface area contributed by atoms with Crippen molar-refractivity contribution in [3.8, 4) is 0 Å². The number of piperidine rings is 2. The van der Waals surface area contributed by atoms with Crippen LogP contribution in [0, 0.1) is 12.3 Å². The molecule has 0 N–H and O–H groups in total. The first kappa shape index (κ1) is 18.1. The summed E-state index contributed by atoms with van der Waals surface area (Å²) in [5.74, 6) is 1.93. The van der Waals surface area contributed by atoms with Gasteiger partial charge >= 0.3 is 0 Å². The predicted octanol–water partition coefficient (Wildman–Crippen LogP) is 3.34. The zero-order valence-electron chi connectivity index (χ0n) is 16.7. The topological polar surface area (TPSA) is 75.4 Å². The molecule has 0 bridgehead atoms. The van der Waals surface area contributed by atoms with Gasteiger partial charge in [-0.15, -0.1) is 0 Å². The van der Waals surface area contributed by atoms with Gasteiger partial charge in [0.15, 0.2) is 5.76 Å². The molecule has 0 unspecified atom stereocenters. The van der Waals surface area contributed by atoms with E-state index in [1.54, 1.807) is 0 Å². The van der Waals surface area contributed by atoms with Crippen LogP contribution in [0.4, 0.5) is 5.82 Å². The molecule has 2 aliphatic heterocycles. The largest absolute Gasteiger partial charge is 0.359 e. The van der Waals surface area contributed by atoms with E-state index in [1.807, 2.05) is 48.4 Å². The minimum atomic E-state index is -0.256. The van der Waals surface area contributed by atoms with Crippen molar-refractivity contribution < 1.29 is 9.32 Å². The van der Waals surface area contributed by atoms with E-state index in [9.17, 15) is 4.79 Å². The van der Waals surface area contributed by atoms with Crippen LogP contribution in [0.3, 0.4) is 0 Å². The molecular formula is C22H25N5O2. The van der Waals surface area contributed by atoms with Gasteiger partial charge in [0.1, 0.15) is 5.82 Å². The van der Waals surface area contributed by atoms with Crippen LogP contribution in [-0.2, 0) is 11.3 Å². The van der Waals surface area contributed by atoms with E-state index in [-0.39, 0.29) is 11.3 Å². The molecule has 3 aromatic rings. The summed E-state index contributed by atoms with van der Waals surface area (Å²) in [5.41, 5.74) is 2.41. The lowest BCUT2D eigenvalue weighted by Crippen LogP contribution is -2.53. The maximum absolute atomic E-state index is 13.3. The first-order chi connectivity index (χ1) is 14.1. The Kier molecular flexibility index (Phi) is 4.45.